The third-order valence-corrected chi connectivity index (χ3v) is 5.07. The Labute approximate surface area is 144 Å². The van der Waals surface area contributed by atoms with Gasteiger partial charge in [0.15, 0.2) is 0 Å². The van der Waals surface area contributed by atoms with Gasteiger partial charge in [0.1, 0.15) is 0 Å². The van der Waals surface area contributed by atoms with Crippen molar-refractivity contribution in [2.24, 2.45) is 10.8 Å². The summed E-state index contributed by atoms with van der Waals surface area (Å²) in [5.41, 5.74) is 0.797. The molecule has 0 aliphatic heterocycles. The highest BCUT2D eigenvalue weighted by atomic mass is 16.4. The van der Waals surface area contributed by atoms with Crippen LogP contribution in [0.5, 0.6) is 0 Å². The van der Waals surface area contributed by atoms with Gasteiger partial charge in [-0.25, -0.2) is 0 Å². The molecule has 0 aliphatic rings. The first kappa shape index (κ1) is 20.2. The molecule has 1 aromatic rings. The number of carboxylic acid groups (broad SMARTS) is 2. The molecule has 0 fully saturated rings. The van der Waals surface area contributed by atoms with Crippen molar-refractivity contribution >= 4 is 11.9 Å². The molecule has 0 bridgehead atoms. The van der Waals surface area contributed by atoms with Crippen molar-refractivity contribution in [2.45, 2.75) is 67.2 Å². The number of benzene rings is 1. The third-order valence-electron chi connectivity index (χ3n) is 5.07. The van der Waals surface area contributed by atoms with E-state index in [0.717, 1.165) is 18.4 Å². The predicted octanol–water partition coefficient (Wildman–Crippen LogP) is 2.37. The fourth-order valence-electron chi connectivity index (χ4n) is 2.71. The summed E-state index contributed by atoms with van der Waals surface area (Å²) in [6, 6.07) is 3.07. The highest BCUT2D eigenvalue weighted by molar-refractivity contribution is 6.01. The van der Waals surface area contributed by atoms with Crippen molar-refractivity contribution in [3.63, 3.8) is 0 Å². The molecule has 0 aliphatic carbocycles. The van der Waals surface area contributed by atoms with Gasteiger partial charge in [0.05, 0.1) is 11.9 Å². The molecule has 24 heavy (non-hydrogen) atoms. The van der Waals surface area contributed by atoms with E-state index in [-0.39, 0.29) is 22.0 Å². The number of rotatable bonds is 8. The lowest BCUT2D eigenvalue weighted by Crippen LogP contribution is -2.33. The molecule has 0 aromatic heterocycles. The van der Waals surface area contributed by atoms with Crippen LogP contribution in [0.25, 0.3) is 0 Å². The van der Waals surface area contributed by atoms with Crippen molar-refractivity contribution in [1.82, 2.24) is 0 Å². The summed E-state index contributed by atoms with van der Waals surface area (Å²) < 4.78 is 0. The molecular weight excluding hydrogens is 304 g/mol. The minimum absolute atomic E-state index is 0.00268. The van der Waals surface area contributed by atoms with Crippen molar-refractivity contribution < 1.29 is 19.8 Å². The first-order valence-corrected chi connectivity index (χ1v) is 8.51. The van der Waals surface area contributed by atoms with Crippen LogP contribution in [0, 0.1) is 10.8 Å². The van der Waals surface area contributed by atoms with Crippen molar-refractivity contribution in [3.05, 3.63) is 34.4 Å². The van der Waals surface area contributed by atoms with Gasteiger partial charge in [-0.1, -0.05) is 66.5 Å². The molecule has 1 rings (SSSR count). The van der Waals surface area contributed by atoms with E-state index in [1.807, 2.05) is 20.8 Å². The zero-order valence-corrected chi connectivity index (χ0v) is 15.6. The lowest BCUT2D eigenvalue weighted by atomic mass is 9.75. The van der Waals surface area contributed by atoms with Crippen LogP contribution in [-0.4, -0.2) is 11.9 Å². The van der Waals surface area contributed by atoms with Crippen LogP contribution in [0.4, 0.5) is 0 Å². The average Bonchev–Trinajstić information content (AvgIpc) is 2.47. The van der Waals surface area contributed by atoms with E-state index in [0.29, 0.717) is 18.4 Å². The topological polar surface area (TPSA) is 80.3 Å². The predicted molar refractivity (Wildman–Crippen MR) is 90.7 cm³/mol. The monoisotopic (exact) mass is 332 g/mol. The Balaban J connectivity index is 3.62. The molecule has 0 heterocycles. The molecule has 4 nitrogen and oxygen atoms in total. The molecule has 1 aromatic carbocycles. The van der Waals surface area contributed by atoms with E-state index in [2.05, 4.69) is 20.8 Å². The fraction of sp³-hybridized carbons (Fsp3) is 0.600. The largest absolute Gasteiger partial charge is 0.545 e. The van der Waals surface area contributed by atoms with E-state index in [9.17, 15) is 19.8 Å². The van der Waals surface area contributed by atoms with E-state index < -0.39 is 11.9 Å². The number of carbonyl (C=O) groups is 2. The quantitative estimate of drug-likeness (QED) is 0.732. The standard InChI is InChI=1S/C20H30O4/c1-7-19(3,4)11-13-9-10-14(17(21)22)16(18(23)24)15(13)12-20(5,6)8-2/h9-10H,7-8,11-12H2,1-6H3,(H,21,22)(H,23,24)/p-2. The van der Waals surface area contributed by atoms with Gasteiger partial charge in [0.2, 0.25) is 0 Å². The first-order valence-electron chi connectivity index (χ1n) is 8.51. The smallest absolute Gasteiger partial charge is 0.0724 e. The van der Waals surface area contributed by atoms with Crippen LogP contribution < -0.4 is 10.2 Å². The Morgan fingerprint density at radius 3 is 1.79 bits per heavy atom. The van der Waals surface area contributed by atoms with E-state index in [1.54, 1.807) is 6.07 Å². The van der Waals surface area contributed by atoms with E-state index >= 15 is 0 Å². The molecule has 4 heteroatoms. The third kappa shape index (κ3) is 4.83. The fourth-order valence-corrected chi connectivity index (χ4v) is 2.71. The zero-order chi connectivity index (χ0) is 18.7. The van der Waals surface area contributed by atoms with Crippen LogP contribution in [-0.2, 0) is 12.8 Å². The van der Waals surface area contributed by atoms with Gasteiger partial charge >= 0.3 is 0 Å². The van der Waals surface area contributed by atoms with Crippen molar-refractivity contribution in [3.8, 4) is 0 Å². The normalized spacial score (nSPS) is 12.2. The van der Waals surface area contributed by atoms with Gasteiger partial charge in [0.25, 0.3) is 0 Å². The van der Waals surface area contributed by atoms with Gasteiger partial charge in [0, 0.05) is 11.1 Å². The van der Waals surface area contributed by atoms with Crippen LogP contribution in [0.2, 0.25) is 0 Å². The highest BCUT2D eigenvalue weighted by Crippen LogP contribution is 2.34. The Morgan fingerprint density at radius 2 is 1.38 bits per heavy atom. The summed E-state index contributed by atoms with van der Waals surface area (Å²) >= 11 is 0. The lowest BCUT2D eigenvalue weighted by Gasteiger charge is -2.31. The lowest BCUT2D eigenvalue weighted by molar-refractivity contribution is -0.259. The Bertz CT molecular complexity index is 627. The van der Waals surface area contributed by atoms with Gasteiger partial charge < -0.3 is 19.8 Å². The summed E-state index contributed by atoms with van der Waals surface area (Å²) in [5, 5.41) is 23.1. The van der Waals surface area contributed by atoms with Gasteiger partial charge in [-0.15, -0.1) is 0 Å². The SMILES string of the molecule is CCC(C)(C)Cc1ccc(C(=O)[O-])c(C(=O)[O-])c1CC(C)(C)CC. The molecular formula is C20H28O4-2. The summed E-state index contributed by atoms with van der Waals surface area (Å²) in [7, 11) is 0. The molecule has 0 atom stereocenters. The number of carboxylic acids is 2. The zero-order valence-electron chi connectivity index (χ0n) is 15.6. The van der Waals surface area contributed by atoms with Crippen LogP contribution in [0.3, 0.4) is 0 Å². The Morgan fingerprint density at radius 1 is 0.875 bits per heavy atom. The molecule has 134 valence electrons. The minimum Gasteiger partial charge on any atom is -0.545 e. The van der Waals surface area contributed by atoms with Crippen LogP contribution in [0.1, 0.15) is 86.2 Å². The average molecular weight is 332 g/mol. The van der Waals surface area contributed by atoms with Crippen LogP contribution in [0.15, 0.2) is 12.1 Å². The summed E-state index contributed by atoms with van der Waals surface area (Å²) in [5.74, 6) is -2.93. The van der Waals surface area contributed by atoms with Gasteiger partial charge in [-0.3, -0.25) is 0 Å². The first-order chi connectivity index (χ1) is 10.9. The second-order valence-corrected chi connectivity index (χ2v) is 8.09. The molecule has 0 saturated heterocycles. The number of hydrogen-bond acceptors (Lipinski definition) is 4. The molecule has 0 saturated carbocycles. The maximum absolute atomic E-state index is 11.7. The van der Waals surface area contributed by atoms with E-state index in [4.69, 9.17) is 0 Å². The molecule has 0 spiro atoms. The number of hydrogen-bond donors (Lipinski definition) is 0. The van der Waals surface area contributed by atoms with Crippen molar-refractivity contribution in [1.29, 1.82) is 0 Å². The summed E-state index contributed by atoms with van der Waals surface area (Å²) in [6.07, 6.45) is 2.97. The summed E-state index contributed by atoms with van der Waals surface area (Å²) in [6.45, 7) is 12.5. The Kier molecular flexibility index (Phi) is 6.20. The van der Waals surface area contributed by atoms with Crippen molar-refractivity contribution in [2.75, 3.05) is 0 Å². The summed E-state index contributed by atoms with van der Waals surface area (Å²) in [4.78, 5) is 23.1. The highest BCUT2D eigenvalue weighted by Gasteiger charge is 2.25. The number of carbonyl (C=O) groups excluding carboxylic acids is 2. The maximum atomic E-state index is 11.7. The molecule has 0 unspecified atom stereocenters. The maximum Gasteiger partial charge on any atom is 0.0724 e. The van der Waals surface area contributed by atoms with Gasteiger partial charge in [-0.05, 0) is 34.8 Å². The second-order valence-electron chi connectivity index (χ2n) is 8.09. The van der Waals surface area contributed by atoms with E-state index in [1.165, 1.54) is 6.07 Å². The second kappa shape index (κ2) is 7.37. The molecule has 0 radical (unpaired) electrons. The molecule has 0 N–H and O–H groups in total. The van der Waals surface area contributed by atoms with Gasteiger partial charge in [-0.2, -0.15) is 0 Å². The minimum atomic E-state index is -1.48. The molecule has 0 amide bonds. The Hall–Kier alpha value is -1.84. The number of aromatic carboxylic acids is 2. The van der Waals surface area contributed by atoms with Crippen LogP contribution >= 0.6 is 0 Å².